The van der Waals surface area contributed by atoms with Crippen LogP contribution in [-0.4, -0.2) is 23.4 Å². The maximum atomic E-state index is 10.3. The number of ether oxygens (including phenoxy) is 1. The number of nitrogens with zero attached hydrogens (tertiary/aromatic N) is 2. The van der Waals surface area contributed by atoms with Crippen LogP contribution in [0.3, 0.4) is 0 Å². The lowest BCUT2D eigenvalue weighted by Crippen LogP contribution is -1.96. The number of aryl methyl sites for hydroxylation is 2. The minimum atomic E-state index is 0.342. The van der Waals surface area contributed by atoms with Gasteiger partial charge < -0.3 is 4.74 Å². The molecule has 4 nitrogen and oxygen atoms in total. The predicted octanol–water partition coefficient (Wildman–Crippen LogP) is 2.87. The van der Waals surface area contributed by atoms with Crippen LogP contribution in [0, 0.1) is 13.8 Å². The zero-order chi connectivity index (χ0) is 14.0. The Bertz CT molecular complexity index is 618. The molecule has 2 aliphatic rings. The zero-order valence-electron chi connectivity index (χ0n) is 11.0. The van der Waals surface area contributed by atoms with Gasteiger partial charge in [0.25, 0.3) is 0 Å². The fraction of sp³-hybridized carbons (Fsp3) is 0.214. The molecular formula is C14H14N2O2S. The van der Waals surface area contributed by atoms with Gasteiger partial charge in [0.15, 0.2) is 6.29 Å². The van der Waals surface area contributed by atoms with Gasteiger partial charge in [-0.25, -0.2) is 4.98 Å². The van der Waals surface area contributed by atoms with Crippen LogP contribution >= 0.6 is 12.6 Å². The number of aldehydes is 1. The molecular weight excluding hydrogens is 260 g/mol. The Labute approximate surface area is 117 Å². The van der Waals surface area contributed by atoms with Crippen LogP contribution in [0.15, 0.2) is 23.1 Å². The van der Waals surface area contributed by atoms with Crippen molar-refractivity contribution in [2.24, 2.45) is 0 Å². The normalized spacial score (nSPS) is 10.3. The van der Waals surface area contributed by atoms with Gasteiger partial charge in [-0.15, -0.1) is 12.6 Å². The molecule has 19 heavy (non-hydrogen) atoms. The molecule has 1 aromatic heterocycles. The molecule has 0 fully saturated rings. The molecule has 0 radical (unpaired) electrons. The molecule has 0 saturated carbocycles. The van der Waals surface area contributed by atoms with E-state index in [1.165, 1.54) is 34.8 Å². The van der Waals surface area contributed by atoms with Crippen molar-refractivity contribution in [1.82, 2.24) is 9.97 Å². The van der Waals surface area contributed by atoms with Gasteiger partial charge >= 0.3 is 0 Å². The fourth-order valence-electron chi connectivity index (χ4n) is 1.72. The fourth-order valence-corrected chi connectivity index (χ4v) is 2.04. The summed E-state index contributed by atoms with van der Waals surface area (Å²) in [7, 11) is 1.50. The molecule has 0 saturated heterocycles. The van der Waals surface area contributed by atoms with E-state index in [-0.39, 0.29) is 0 Å². The van der Waals surface area contributed by atoms with Crippen molar-refractivity contribution in [2.45, 2.75) is 18.7 Å². The molecule has 1 heterocycles. The van der Waals surface area contributed by atoms with E-state index >= 15 is 0 Å². The number of carbonyl (C=O) groups is 1. The van der Waals surface area contributed by atoms with Crippen molar-refractivity contribution in [3.8, 4) is 17.0 Å². The summed E-state index contributed by atoms with van der Waals surface area (Å²) in [6, 6.07) is 5.81. The molecule has 0 aromatic carbocycles. The molecule has 0 unspecified atom stereocenters. The van der Waals surface area contributed by atoms with E-state index < -0.39 is 0 Å². The summed E-state index contributed by atoms with van der Waals surface area (Å²) in [6.07, 6.45) is 0.664. The topological polar surface area (TPSA) is 52.1 Å². The SMILES string of the molecule is COc1cc(C=O)nc(C)n1.Cc1cc2c(S)c-2c1. The van der Waals surface area contributed by atoms with Crippen LogP contribution in [0.5, 0.6) is 5.88 Å². The first-order valence-corrected chi connectivity index (χ1v) is 6.18. The summed E-state index contributed by atoms with van der Waals surface area (Å²) < 4.78 is 4.83. The Morgan fingerprint density at radius 2 is 1.79 bits per heavy atom. The number of benzene rings is 1. The van der Waals surface area contributed by atoms with Gasteiger partial charge in [-0.2, -0.15) is 4.98 Å². The van der Waals surface area contributed by atoms with E-state index in [1.807, 2.05) is 0 Å². The largest absolute Gasteiger partial charge is 0.481 e. The molecule has 0 atom stereocenters. The van der Waals surface area contributed by atoms with Gasteiger partial charge in [0.1, 0.15) is 11.5 Å². The molecule has 0 N–H and O–H groups in total. The van der Waals surface area contributed by atoms with Gasteiger partial charge in [0.05, 0.1) is 7.11 Å². The van der Waals surface area contributed by atoms with Gasteiger partial charge in [-0.3, -0.25) is 4.79 Å². The smallest absolute Gasteiger partial charge is 0.216 e. The third-order valence-electron chi connectivity index (χ3n) is 2.65. The summed E-state index contributed by atoms with van der Waals surface area (Å²) in [5.41, 5.74) is 4.40. The molecule has 98 valence electrons. The minimum Gasteiger partial charge on any atom is -0.481 e. The first-order chi connectivity index (χ1) is 9.05. The van der Waals surface area contributed by atoms with Crippen LogP contribution in [0.1, 0.15) is 21.9 Å². The van der Waals surface area contributed by atoms with Gasteiger partial charge in [-0.05, 0) is 30.5 Å². The van der Waals surface area contributed by atoms with Crippen molar-refractivity contribution in [1.29, 1.82) is 0 Å². The number of aromatic nitrogens is 2. The van der Waals surface area contributed by atoms with Gasteiger partial charge in [0, 0.05) is 11.0 Å². The van der Waals surface area contributed by atoms with Crippen molar-refractivity contribution < 1.29 is 9.53 Å². The van der Waals surface area contributed by atoms with Crippen molar-refractivity contribution >= 4 is 18.9 Å². The number of rotatable bonds is 2. The Balaban J connectivity index is 0.000000146. The van der Waals surface area contributed by atoms with E-state index in [0.29, 0.717) is 23.7 Å². The van der Waals surface area contributed by atoms with E-state index in [2.05, 4.69) is 41.7 Å². The van der Waals surface area contributed by atoms with E-state index in [1.54, 1.807) is 6.92 Å². The Hall–Kier alpha value is -1.88. The Morgan fingerprint density at radius 3 is 2.26 bits per heavy atom. The molecule has 3 rings (SSSR count). The van der Waals surface area contributed by atoms with Crippen LogP contribution in [0.4, 0.5) is 0 Å². The average Bonchev–Trinajstić information content (AvgIpc) is 2.82. The van der Waals surface area contributed by atoms with Crippen LogP contribution in [-0.2, 0) is 0 Å². The third-order valence-corrected chi connectivity index (χ3v) is 3.13. The number of hydrogen-bond donors (Lipinski definition) is 1. The summed E-state index contributed by atoms with van der Waals surface area (Å²) in [6.45, 7) is 3.81. The highest BCUT2D eigenvalue weighted by Crippen LogP contribution is 2.47. The van der Waals surface area contributed by atoms with Crippen molar-refractivity contribution in [3.05, 3.63) is 35.3 Å². The predicted molar refractivity (Wildman–Crippen MR) is 76.1 cm³/mol. The number of thiol groups is 1. The Kier molecular flexibility index (Phi) is 3.85. The van der Waals surface area contributed by atoms with Crippen LogP contribution < -0.4 is 4.74 Å². The number of hydrogen-bond acceptors (Lipinski definition) is 5. The standard InChI is InChI=1S/C7H8N2O2.C7H6S/c1-5-8-6(4-10)3-7(9-5)11-2;1-4-2-5-6(3-4)7(5)8/h3-4H,1-2H3;2-3,8H,1H3. The second kappa shape index (κ2) is 5.40. The summed E-state index contributed by atoms with van der Waals surface area (Å²) >= 11 is 4.21. The molecule has 0 bridgehead atoms. The van der Waals surface area contributed by atoms with Crippen molar-refractivity contribution in [2.75, 3.05) is 7.11 Å². The van der Waals surface area contributed by atoms with Crippen LogP contribution in [0.2, 0.25) is 0 Å². The second-order valence-corrected chi connectivity index (χ2v) is 4.66. The average molecular weight is 274 g/mol. The van der Waals surface area contributed by atoms with E-state index in [9.17, 15) is 4.79 Å². The molecule has 2 aliphatic carbocycles. The lowest BCUT2D eigenvalue weighted by Gasteiger charge is -1.99. The Morgan fingerprint density at radius 1 is 1.16 bits per heavy atom. The lowest BCUT2D eigenvalue weighted by molar-refractivity contribution is 0.111. The maximum absolute atomic E-state index is 10.3. The molecule has 0 aliphatic heterocycles. The zero-order valence-corrected chi connectivity index (χ0v) is 11.9. The highest BCUT2D eigenvalue weighted by molar-refractivity contribution is 7.81. The highest BCUT2D eigenvalue weighted by Gasteiger charge is 2.20. The number of carbonyl (C=O) groups excluding carboxylic acids is 1. The first kappa shape index (κ1) is 13.5. The molecule has 0 spiro atoms. The highest BCUT2D eigenvalue weighted by atomic mass is 32.1. The first-order valence-electron chi connectivity index (χ1n) is 5.74. The number of methoxy groups -OCH3 is 1. The summed E-state index contributed by atoms with van der Waals surface area (Å²) in [4.78, 5) is 19.2. The molecule has 5 heteroatoms. The third kappa shape index (κ3) is 3.12. The van der Waals surface area contributed by atoms with Gasteiger partial charge in [-0.1, -0.05) is 12.1 Å². The molecule has 1 aromatic rings. The summed E-state index contributed by atoms with van der Waals surface area (Å²) in [5.74, 6) is 0.950. The minimum absolute atomic E-state index is 0.342. The van der Waals surface area contributed by atoms with E-state index in [0.717, 1.165) is 0 Å². The number of fused-ring (bicyclic) bond motifs is 1. The maximum Gasteiger partial charge on any atom is 0.216 e. The van der Waals surface area contributed by atoms with Crippen LogP contribution in [0.25, 0.3) is 11.1 Å². The van der Waals surface area contributed by atoms with Gasteiger partial charge in [0.2, 0.25) is 5.88 Å². The second-order valence-electron chi connectivity index (χ2n) is 4.21. The van der Waals surface area contributed by atoms with E-state index in [4.69, 9.17) is 4.74 Å². The molecule has 0 amide bonds. The quantitative estimate of drug-likeness (QED) is 0.576. The lowest BCUT2D eigenvalue weighted by atomic mass is 10.4. The van der Waals surface area contributed by atoms with Crippen molar-refractivity contribution in [3.63, 3.8) is 0 Å². The monoisotopic (exact) mass is 274 g/mol. The summed E-state index contributed by atoms with van der Waals surface area (Å²) in [5, 5.41) is 0.